The maximum Gasteiger partial charge on any atom is 0.243 e. The Morgan fingerprint density at radius 1 is 1.10 bits per heavy atom. The van der Waals surface area contributed by atoms with Crippen LogP contribution < -0.4 is 19.3 Å². The standard InChI is InChI=1S/C21H29N3O4S/c1-17(24(29(4,26)27)19-12-8-13-20(16-19)28-3)21(25)22-14-9-15-23(2)18-10-6-5-7-11-18/h5-8,10-13,16-17H,9,14-15H2,1-4H3,(H,22,25)/t17-/m0/s1. The van der Waals surface area contributed by atoms with E-state index in [1.54, 1.807) is 31.2 Å². The Morgan fingerprint density at radius 3 is 2.38 bits per heavy atom. The molecule has 8 heteroatoms. The molecule has 1 amide bonds. The van der Waals surface area contributed by atoms with Crippen molar-refractivity contribution in [1.82, 2.24) is 5.32 Å². The van der Waals surface area contributed by atoms with Gasteiger partial charge < -0.3 is 15.0 Å². The molecule has 1 atom stereocenters. The summed E-state index contributed by atoms with van der Waals surface area (Å²) in [6, 6.07) is 15.7. The molecule has 0 radical (unpaired) electrons. The number of amides is 1. The Bertz CT molecular complexity index is 903. The van der Waals surface area contributed by atoms with Gasteiger partial charge in [0.2, 0.25) is 15.9 Å². The van der Waals surface area contributed by atoms with E-state index in [4.69, 9.17) is 4.74 Å². The van der Waals surface area contributed by atoms with Gasteiger partial charge >= 0.3 is 0 Å². The largest absolute Gasteiger partial charge is 0.497 e. The van der Waals surface area contributed by atoms with Crippen molar-refractivity contribution in [2.45, 2.75) is 19.4 Å². The number of hydrogen-bond donors (Lipinski definition) is 1. The van der Waals surface area contributed by atoms with Crippen molar-refractivity contribution in [2.75, 3.05) is 42.7 Å². The quantitative estimate of drug-likeness (QED) is 0.599. The molecule has 0 fully saturated rings. The highest BCUT2D eigenvalue weighted by atomic mass is 32.2. The second-order valence-corrected chi connectivity index (χ2v) is 8.70. The van der Waals surface area contributed by atoms with Crippen LogP contribution in [-0.4, -0.2) is 53.9 Å². The predicted octanol–water partition coefficient (Wildman–Crippen LogP) is 2.49. The molecule has 0 aliphatic carbocycles. The van der Waals surface area contributed by atoms with Gasteiger partial charge in [-0.3, -0.25) is 9.10 Å². The third-order valence-electron chi connectivity index (χ3n) is 4.56. The summed E-state index contributed by atoms with van der Waals surface area (Å²) in [5.74, 6) is 0.174. The van der Waals surface area contributed by atoms with E-state index in [0.29, 0.717) is 18.0 Å². The summed E-state index contributed by atoms with van der Waals surface area (Å²) in [6.45, 7) is 2.80. The van der Waals surface area contributed by atoms with Crippen molar-refractivity contribution in [3.63, 3.8) is 0 Å². The van der Waals surface area contributed by atoms with Gasteiger partial charge in [0, 0.05) is 31.9 Å². The van der Waals surface area contributed by atoms with Crippen molar-refractivity contribution < 1.29 is 17.9 Å². The van der Waals surface area contributed by atoms with Gasteiger partial charge in [0.1, 0.15) is 11.8 Å². The number of carbonyl (C=O) groups excluding carboxylic acids is 1. The highest BCUT2D eigenvalue weighted by Gasteiger charge is 2.29. The van der Waals surface area contributed by atoms with Crippen LogP contribution in [0.15, 0.2) is 54.6 Å². The van der Waals surface area contributed by atoms with E-state index in [1.807, 2.05) is 37.4 Å². The van der Waals surface area contributed by atoms with Crippen molar-refractivity contribution in [1.29, 1.82) is 0 Å². The summed E-state index contributed by atoms with van der Waals surface area (Å²) in [4.78, 5) is 14.7. The van der Waals surface area contributed by atoms with Crippen LogP contribution in [0, 0.1) is 0 Å². The minimum Gasteiger partial charge on any atom is -0.497 e. The first-order valence-electron chi connectivity index (χ1n) is 9.41. The number of rotatable bonds is 10. The van der Waals surface area contributed by atoms with E-state index in [-0.39, 0.29) is 5.91 Å². The fourth-order valence-electron chi connectivity index (χ4n) is 3.04. The Balaban J connectivity index is 1.97. The van der Waals surface area contributed by atoms with E-state index in [0.717, 1.165) is 29.2 Å². The Hall–Kier alpha value is -2.74. The molecule has 2 aromatic carbocycles. The molecule has 158 valence electrons. The number of sulfonamides is 1. The van der Waals surface area contributed by atoms with Gasteiger partial charge in [-0.1, -0.05) is 24.3 Å². The van der Waals surface area contributed by atoms with Crippen LogP contribution in [0.1, 0.15) is 13.3 Å². The number of para-hydroxylation sites is 1. The molecule has 0 aromatic heterocycles. The predicted molar refractivity (Wildman–Crippen MR) is 117 cm³/mol. The van der Waals surface area contributed by atoms with Gasteiger partial charge in [0.15, 0.2) is 0 Å². The number of nitrogens with one attached hydrogen (secondary N) is 1. The summed E-state index contributed by atoms with van der Waals surface area (Å²) in [6.07, 6.45) is 1.83. The van der Waals surface area contributed by atoms with Crippen LogP contribution in [-0.2, 0) is 14.8 Å². The number of anilines is 2. The minimum atomic E-state index is -3.66. The molecule has 0 unspecified atom stereocenters. The number of methoxy groups -OCH3 is 1. The number of nitrogens with zero attached hydrogens (tertiary/aromatic N) is 2. The lowest BCUT2D eigenvalue weighted by molar-refractivity contribution is -0.121. The van der Waals surface area contributed by atoms with Crippen LogP contribution in [0.3, 0.4) is 0 Å². The van der Waals surface area contributed by atoms with E-state index < -0.39 is 16.1 Å². The second kappa shape index (κ2) is 10.2. The van der Waals surface area contributed by atoms with Crippen molar-refractivity contribution in [3.8, 4) is 5.75 Å². The molecule has 0 saturated carbocycles. The maximum absolute atomic E-state index is 12.6. The summed E-state index contributed by atoms with van der Waals surface area (Å²) in [5, 5.41) is 2.84. The molecule has 29 heavy (non-hydrogen) atoms. The van der Waals surface area contributed by atoms with Crippen LogP contribution in [0.5, 0.6) is 5.75 Å². The van der Waals surface area contributed by atoms with E-state index in [9.17, 15) is 13.2 Å². The lowest BCUT2D eigenvalue weighted by Gasteiger charge is -2.28. The Labute approximate surface area is 173 Å². The molecular formula is C21H29N3O4S. The molecular weight excluding hydrogens is 390 g/mol. The van der Waals surface area contributed by atoms with Crippen LogP contribution in [0.4, 0.5) is 11.4 Å². The van der Waals surface area contributed by atoms with Gasteiger partial charge in [0.25, 0.3) is 0 Å². The van der Waals surface area contributed by atoms with Crippen molar-refractivity contribution in [3.05, 3.63) is 54.6 Å². The van der Waals surface area contributed by atoms with Gasteiger partial charge in [-0.2, -0.15) is 0 Å². The maximum atomic E-state index is 12.6. The molecule has 0 aliphatic heterocycles. The highest BCUT2D eigenvalue weighted by Crippen LogP contribution is 2.25. The molecule has 2 aromatic rings. The number of benzene rings is 2. The van der Waals surface area contributed by atoms with Crippen LogP contribution in [0.2, 0.25) is 0 Å². The topological polar surface area (TPSA) is 79.0 Å². The fraction of sp³-hybridized carbons (Fsp3) is 0.381. The summed E-state index contributed by atoms with van der Waals surface area (Å²) in [7, 11) is -0.158. The smallest absolute Gasteiger partial charge is 0.243 e. The van der Waals surface area contributed by atoms with Gasteiger partial charge in [0.05, 0.1) is 19.1 Å². The zero-order chi connectivity index (χ0) is 21.4. The first-order chi connectivity index (χ1) is 13.7. The molecule has 2 rings (SSSR count). The van der Waals surface area contributed by atoms with Gasteiger partial charge in [-0.15, -0.1) is 0 Å². The molecule has 0 spiro atoms. The molecule has 0 bridgehead atoms. The second-order valence-electron chi connectivity index (χ2n) is 6.84. The number of hydrogen-bond acceptors (Lipinski definition) is 5. The molecule has 0 saturated heterocycles. The van der Waals surface area contributed by atoms with Crippen LogP contribution in [0.25, 0.3) is 0 Å². The highest BCUT2D eigenvalue weighted by molar-refractivity contribution is 7.92. The van der Waals surface area contributed by atoms with Crippen LogP contribution >= 0.6 is 0 Å². The Kier molecular flexibility index (Phi) is 7.90. The Morgan fingerprint density at radius 2 is 1.76 bits per heavy atom. The lowest BCUT2D eigenvalue weighted by atomic mass is 10.2. The average molecular weight is 420 g/mol. The summed E-state index contributed by atoms with van der Waals surface area (Å²) >= 11 is 0. The average Bonchev–Trinajstić information content (AvgIpc) is 2.70. The molecule has 1 N–H and O–H groups in total. The third-order valence-corrected chi connectivity index (χ3v) is 5.80. The fourth-order valence-corrected chi connectivity index (χ4v) is 4.21. The molecule has 0 aliphatic rings. The van der Waals surface area contributed by atoms with Crippen molar-refractivity contribution >= 4 is 27.3 Å². The lowest BCUT2D eigenvalue weighted by Crippen LogP contribution is -2.48. The number of carbonyl (C=O) groups is 1. The van der Waals surface area contributed by atoms with Gasteiger partial charge in [-0.25, -0.2) is 8.42 Å². The zero-order valence-electron chi connectivity index (χ0n) is 17.3. The van der Waals surface area contributed by atoms with Gasteiger partial charge in [-0.05, 0) is 37.6 Å². The molecule has 0 heterocycles. The van der Waals surface area contributed by atoms with E-state index in [2.05, 4.69) is 10.2 Å². The summed E-state index contributed by atoms with van der Waals surface area (Å²) < 4.78 is 31.0. The third kappa shape index (κ3) is 6.39. The van der Waals surface area contributed by atoms with Crippen molar-refractivity contribution in [2.24, 2.45) is 0 Å². The summed E-state index contributed by atoms with van der Waals surface area (Å²) in [5.41, 5.74) is 1.49. The number of ether oxygens (including phenoxy) is 1. The monoisotopic (exact) mass is 419 g/mol. The molecule has 7 nitrogen and oxygen atoms in total. The van der Waals surface area contributed by atoms with E-state index >= 15 is 0 Å². The zero-order valence-corrected chi connectivity index (χ0v) is 18.1. The SMILES string of the molecule is COc1cccc(N([C@@H](C)C(=O)NCCCN(C)c2ccccc2)S(C)(=O)=O)c1. The normalized spacial score (nSPS) is 12.1. The first kappa shape index (κ1) is 22.5. The minimum absolute atomic E-state index is 0.347. The van der Waals surface area contributed by atoms with E-state index in [1.165, 1.54) is 7.11 Å². The first-order valence-corrected chi connectivity index (χ1v) is 11.3.